The minimum atomic E-state index is -0.717. The van der Waals surface area contributed by atoms with Crippen molar-refractivity contribution in [2.75, 3.05) is 34.3 Å². The largest absolute Gasteiger partial charge is 0.507 e. The van der Waals surface area contributed by atoms with Crippen LogP contribution in [0.5, 0.6) is 5.75 Å². The summed E-state index contributed by atoms with van der Waals surface area (Å²) < 4.78 is 5.41. The van der Waals surface area contributed by atoms with Crippen molar-refractivity contribution in [1.29, 1.82) is 0 Å². The summed E-state index contributed by atoms with van der Waals surface area (Å²) in [7, 11) is 5.26. The molecule has 0 aliphatic carbocycles. The monoisotopic (exact) mass is 456 g/mol. The number of benzene rings is 2. The van der Waals surface area contributed by atoms with Gasteiger partial charge in [0, 0.05) is 13.1 Å². The maximum absolute atomic E-state index is 13.2. The van der Waals surface area contributed by atoms with Crippen LogP contribution in [-0.4, -0.2) is 60.9 Å². The average Bonchev–Trinajstić information content (AvgIpc) is 3.01. The smallest absolute Gasteiger partial charge is 0.295 e. The predicted octanol–water partition coefficient (Wildman–Crippen LogP) is 4.20. The maximum Gasteiger partial charge on any atom is 0.295 e. The van der Waals surface area contributed by atoms with E-state index in [9.17, 15) is 14.7 Å². The Hall–Kier alpha value is -2.83. The highest BCUT2D eigenvalue weighted by atomic mass is 35.5. The zero-order valence-corrected chi connectivity index (χ0v) is 19.9. The molecule has 1 fully saturated rings. The van der Waals surface area contributed by atoms with E-state index >= 15 is 0 Å². The van der Waals surface area contributed by atoms with Crippen molar-refractivity contribution in [1.82, 2.24) is 9.80 Å². The quantitative estimate of drug-likeness (QED) is 0.384. The number of ether oxygens (including phenoxy) is 1. The summed E-state index contributed by atoms with van der Waals surface area (Å²) in [6, 6.07) is 10.5. The molecule has 1 heterocycles. The summed E-state index contributed by atoms with van der Waals surface area (Å²) in [6.07, 6.45) is 0.875. The molecular weight excluding hydrogens is 428 g/mol. The number of likely N-dealkylation sites (N-methyl/N-ethyl adjacent to an activating group) is 1. The Morgan fingerprint density at radius 3 is 2.41 bits per heavy atom. The molecule has 6 nitrogen and oxygen atoms in total. The van der Waals surface area contributed by atoms with E-state index in [1.807, 2.05) is 50.2 Å². The second kappa shape index (κ2) is 9.76. The summed E-state index contributed by atoms with van der Waals surface area (Å²) >= 11 is 6.32. The molecule has 32 heavy (non-hydrogen) atoms. The molecule has 1 saturated heterocycles. The normalized spacial score (nSPS) is 18.0. The van der Waals surface area contributed by atoms with Crippen LogP contribution < -0.4 is 4.74 Å². The van der Waals surface area contributed by atoms with Crippen molar-refractivity contribution in [3.63, 3.8) is 0 Å². The lowest BCUT2D eigenvalue weighted by Crippen LogP contribution is -2.35. The molecule has 1 unspecified atom stereocenters. The van der Waals surface area contributed by atoms with Crippen LogP contribution in [0, 0.1) is 6.92 Å². The molecule has 2 aromatic rings. The van der Waals surface area contributed by atoms with E-state index in [0.717, 1.165) is 23.1 Å². The number of nitrogens with zero attached hydrogens (tertiary/aromatic N) is 2. The molecule has 0 aromatic heterocycles. The van der Waals surface area contributed by atoms with Crippen LogP contribution in [-0.2, 0) is 16.0 Å². The van der Waals surface area contributed by atoms with Crippen molar-refractivity contribution >= 4 is 29.1 Å². The van der Waals surface area contributed by atoms with E-state index in [1.54, 1.807) is 12.1 Å². The first-order valence-corrected chi connectivity index (χ1v) is 10.9. The molecule has 0 spiro atoms. The van der Waals surface area contributed by atoms with Crippen molar-refractivity contribution in [3.8, 4) is 5.75 Å². The highest BCUT2D eigenvalue weighted by Crippen LogP contribution is 2.42. The van der Waals surface area contributed by atoms with Gasteiger partial charge in [0.1, 0.15) is 11.5 Å². The standard InChI is InChI=1S/C25H29ClN2O4/c1-6-16-7-9-17(10-8-16)21-20(23(30)25(31)28(21)12-11-27(3)4)22(29)18-13-15(2)14-19(26)24(18)32-5/h7-10,13-14,21,29H,6,11-12H2,1-5H3/b22-20+. The van der Waals surface area contributed by atoms with Gasteiger partial charge in [-0.25, -0.2) is 0 Å². The zero-order valence-electron chi connectivity index (χ0n) is 19.1. The number of methoxy groups -OCH3 is 1. The summed E-state index contributed by atoms with van der Waals surface area (Å²) in [4.78, 5) is 29.6. The molecule has 1 amide bonds. The van der Waals surface area contributed by atoms with Gasteiger partial charge in [0.25, 0.3) is 11.7 Å². The topological polar surface area (TPSA) is 70.1 Å². The lowest BCUT2D eigenvalue weighted by atomic mass is 9.93. The fraction of sp³-hybridized carbons (Fsp3) is 0.360. The fourth-order valence-corrected chi connectivity index (χ4v) is 4.31. The van der Waals surface area contributed by atoms with Crippen molar-refractivity contribution in [2.24, 2.45) is 0 Å². The van der Waals surface area contributed by atoms with E-state index in [1.165, 1.54) is 12.0 Å². The van der Waals surface area contributed by atoms with Gasteiger partial charge in [-0.3, -0.25) is 9.59 Å². The Labute approximate surface area is 194 Å². The number of carbonyl (C=O) groups is 2. The molecule has 1 aliphatic heterocycles. The lowest BCUT2D eigenvalue weighted by molar-refractivity contribution is -0.140. The summed E-state index contributed by atoms with van der Waals surface area (Å²) in [5.41, 5.74) is 3.03. The number of aryl methyl sites for hydroxylation is 2. The molecular formula is C25H29ClN2O4. The molecule has 1 N–H and O–H groups in total. The van der Waals surface area contributed by atoms with Crippen LogP contribution in [0.2, 0.25) is 5.02 Å². The van der Waals surface area contributed by atoms with E-state index in [2.05, 4.69) is 6.92 Å². The van der Waals surface area contributed by atoms with E-state index in [4.69, 9.17) is 16.3 Å². The van der Waals surface area contributed by atoms with Gasteiger partial charge in [0.2, 0.25) is 0 Å². The second-order valence-electron chi connectivity index (χ2n) is 8.22. The number of amides is 1. The molecule has 0 bridgehead atoms. The van der Waals surface area contributed by atoms with Crippen LogP contribution in [0.3, 0.4) is 0 Å². The van der Waals surface area contributed by atoms with Crippen LogP contribution in [0.1, 0.15) is 35.2 Å². The molecule has 0 saturated carbocycles. The first-order valence-electron chi connectivity index (χ1n) is 10.6. The predicted molar refractivity (Wildman–Crippen MR) is 126 cm³/mol. The number of hydrogen-bond acceptors (Lipinski definition) is 5. The van der Waals surface area contributed by atoms with E-state index in [0.29, 0.717) is 23.7 Å². The van der Waals surface area contributed by atoms with E-state index in [-0.39, 0.29) is 17.1 Å². The third-order valence-corrected chi connectivity index (χ3v) is 5.96. The van der Waals surface area contributed by atoms with Crippen molar-refractivity contribution in [3.05, 3.63) is 69.2 Å². The molecule has 3 rings (SSSR count). The number of ketones is 1. The number of likely N-dealkylation sites (tertiary alicyclic amines) is 1. The molecule has 1 atom stereocenters. The Balaban J connectivity index is 2.23. The number of aliphatic hydroxyl groups excluding tert-OH is 1. The molecule has 1 aliphatic rings. The van der Waals surface area contributed by atoms with Crippen molar-refractivity contribution in [2.45, 2.75) is 26.3 Å². The van der Waals surface area contributed by atoms with Crippen LogP contribution in [0.15, 0.2) is 42.0 Å². The number of carbonyl (C=O) groups excluding carboxylic acids is 2. The summed E-state index contributed by atoms with van der Waals surface area (Å²) in [6.45, 7) is 4.82. The Kier molecular flexibility index (Phi) is 7.26. The zero-order chi connectivity index (χ0) is 23.6. The van der Waals surface area contributed by atoms with E-state index < -0.39 is 17.7 Å². The van der Waals surface area contributed by atoms with Crippen LogP contribution >= 0.6 is 11.6 Å². The maximum atomic E-state index is 13.2. The van der Waals surface area contributed by atoms with Gasteiger partial charge >= 0.3 is 0 Å². The highest BCUT2D eigenvalue weighted by molar-refractivity contribution is 6.46. The highest BCUT2D eigenvalue weighted by Gasteiger charge is 2.46. The Bertz CT molecular complexity index is 1060. The van der Waals surface area contributed by atoms with Gasteiger partial charge in [0.15, 0.2) is 0 Å². The average molecular weight is 457 g/mol. The number of Topliss-reactive ketones (excluding diaryl/α,β-unsaturated/α-hetero) is 1. The molecule has 7 heteroatoms. The van der Waals surface area contributed by atoms with Crippen LogP contribution in [0.25, 0.3) is 5.76 Å². The molecule has 0 radical (unpaired) electrons. The minimum Gasteiger partial charge on any atom is -0.507 e. The third kappa shape index (κ3) is 4.52. The number of hydrogen-bond donors (Lipinski definition) is 1. The number of rotatable bonds is 7. The number of halogens is 1. The SMILES string of the molecule is CCc1ccc(C2/C(=C(\O)c3cc(C)cc(Cl)c3OC)C(=O)C(=O)N2CCN(C)C)cc1. The van der Waals surface area contributed by atoms with Crippen LogP contribution in [0.4, 0.5) is 0 Å². The van der Waals surface area contributed by atoms with Gasteiger partial charge in [0.05, 0.1) is 29.3 Å². The van der Waals surface area contributed by atoms with Gasteiger partial charge in [-0.15, -0.1) is 0 Å². The fourth-order valence-electron chi connectivity index (χ4n) is 3.96. The van der Waals surface area contributed by atoms with Crippen molar-refractivity contribution < 1.29 is 19.4 Å². The molecule has 2 aromatic carbocycles. The Morgan fingerprint density at radius 1 is 1.19 bits per heavy atom. The first-order chi connectivity index (χ1) is 15.2. The Morgan fingerprint density at radius 2 is 1.84 bits per heavy atom. The van der Waals surface area contributed by atoms with Gasteiger partial charge in [-0.1, -0.05) is 42.8 Å². The second-order valence-corrected chi connectivity index (χ2v) is 8.63. The lowest BCUT2D eigenvalue weighted by Gasteiger charge is -2.27. The number of aliphatic hydroxyl groups is 1. The van der Waals surface area contributed by atoms with Gasteiger partial charge < -0.3 is 19.6 Å². The third-order valence-electron chi connectivity index (χ3n) is 5.68. The molecule has 170 valence electrons. The van der Waals surface area contributed by atoms with Gasteiger partial charge in [-0.05, 0) is 56.3 Å². The van der Waals surface area contributed by atoms with Gasteiger partial charge in [-0.2, -0.15) is 0 Å². The first kappa shape index (κ1) is 23.8. The summed E-state index contributed by atoms with van der Waals surface area (Å²) in [5.74, 6) is -1.38. The minimum absolute atomic E-state index is 0.0398. The summed E-state index contributed by atoms with van der Waals surface area (Å²) in [5, 5.41) is 11.6.